The fourth-order valence-electron chi connectivity index (χ4n) is 1.16. The van der Waals surface area contributed by atoms with E-state index in [1.165, 1.54) is 7.11 Å². The second kappa shape index (κ2) is 6.25. The zero-order valence-corrected chi connectivity index (χ0v) is 9.60. The van der Waals surface area contributed by atoms with Crippen LogP contribution in [0.1, 0.15) is 22.8 Å². The number of carbonyl (C=O) groups is 1. The molecule has 1 rings (SSSR count). The van der Waals surface area contributed by atoms with Crippen molar-refractivity contribution in [3.63, 3.8) is 0 Å². The summed E-state index contributed by atoms with van der Waals surface area (Å²) in [6.07, 6.45) is 0.0419. The van der Waals surface area contributed by atoms with Crippen LogP contribution in [0.3, 0.4) is 0 Å². The Hall–Kier alpha value is -1.39. The van der Waals surface area contributed by atoms with Gasteiger partial charge in [-0.25, -0.2) is 4.79 Å². The van der Waals surface area contributed by atoms with Crippen LogP contribution in [-0.2, 0) is 16.1 Å². The van der Waals surface area contributed by atoms with Crippen molar-refractivity contribution in [3.05, 3.63) is 35.4 Å². The third kappa shape index (κ3) is 3.64. The van der Waals surface area contributed by atoms with Crippen molar-refractivity contribution in [2.75, 3.05) is 13.7 Å². The molecular weight excluding hydrogens is 206 g/mol. The molecule has 0 radical (unpaired) electrons. The molecular formula is C12H17NO3. The number of hydrogen-bond donors (Lipinski definition) is 1. The zero-order chi connectivity index (χ0) is 12.0. The Bertz CT molecular complexity index is 335. The second-order valence-electron chi connectivity index (χ2n) is 3.55. The predicted octanol–water partition coefficient (Wildman–Crippen LogP) is 1.34. The largest absolute Gasteiger partial charge is 0.465 e. The third-order valence-electron chi connectivity index (χ3n) is 2.24. The summed E-state index contributed by atoms with van der Waals surface area (Å²) in [5.74, 6) is -0.331. The van der Waals surface area contributed by atoms with Crippen molar-refractivity contribution in [1.29, 1.82) is 0 Å². The molecule has 0 bridgehead atoms. The van der Waals surface area contributed by atoms with E-state index in [1.807, 2.05) is 19.1 Å². The standard InChI is InChI=1S/C12H17NO3/c1-9(7-13)16-8-10-3-5-11(6-4-10)12(14)15-2/h3-6,9H,7-8,13H2,1-2H3. The maximum absolute atomic E-state index is 11.2. The first-order valence-electron chi connectivity index (χ1n) is 5.16. The highest BCUT2D eigenvalue weighted by atomic mass is 16.5. The van der Waals surface area contributed by atoms with E-state index in [-0.39, 0.29) is 12.1 Å². The third-order valence-corrected chi connectivity index (χ3v) is 2.24. The molecule has 16 heavy (non-hydrogen) atoms. The SMILES string of the molecule is COC(=O)c1ccc(COC(C)CN)cc1. The minimum Gasteiger partial charge on any atom is -0.465 e. The molecule has 0 aromatic heterocycles. The number of methoxy groups -OCH3 is 1. The van der Waals surface area contributed by atoms with E-state index in [2.05, 4.69) is 4.74 Å². The van der Waals surface area contributed by atoms with Crippen molar-refractivity contribution in [2.24, 2.45) is 5.73 Å². The average molecular weight is 223 g/mol. The lowest BCUT2D eigenvalue weighted by Crippen LogP contribution is -2.19. The van der Waals surface area contributed by atoms with Crippen LogP contribution in [0, 0.1) is 0 Å². The molecule has 1 aromatic carbocycles. The lowest BCUT2D eigenvalue weighted by molar-refractivity contribution is 0.0582. The molecule has 1 aromatic rings. The van der Waals surface area contributed by atoms with Gasteiger partial charge in [0.1, 0.15) is 0 Å². The van der Waals surface area contributed by atoms with Gasteiger partial charge in [-0.1, -0.05) is 12.1 Å². The number of nitrogens with two attached hydrogens (primary N) is 1. The van der Waals surface area contributed by atoms with Crippen molar-refractivity contribution < 1.29 is 14.3 Å². The molecule has 0 fully saturated rings. The molecule has 0 heterocycles. The van der Waals surface area contributed by atoms with E-state index < -0.39 is 0 Å². The van der Waals surface area contributed by atoms with E-state index in [0.29, 0.717) is 18.7 Å². The van der Waals surface area contributed by atoms with Crippen LogP contribution >= 0.6 is 0 Å². The van der Waals surface area contributed by atoms with Gasteiger partial charge >= 0.3 is 5.97 Å². The second-order valence-corrected chi connectivity index (χ2v) is 3.55. The topological polar surface area (TPSA) is 61.5 Å². The number of carbonyl (C=O) groups excluding carboxylic acids is 1. The van der Waals surface area contributed by atoms with Crippen LogP contribution < -0.4 is 5.73 Å². The molecule has 0 aliphatic carbocycles. The van der Waals surface area contributed by atoms with Crippen LogP contribution in [0.25, 0.3) is 0 Å². The monoisotopic (exact) mass is 223 g/mol. The number of rotatable bonds is 5. The molecule has 88 valence electrons. The molecule has 1 atom stereocenters. The van der Waals surface area contributed by atoms with Crippen molar-refractivity contribution in [3.8, 4) is 0 Å². The van der Waals surface area contributed by atoms with Gasteiger partial charge in [0.25, 0.3) is 0 Å². The Kier molecular flexibility index (Phi) is 4.95. The van der Waals surface area contributed by atoms with Gasteiger partial charge in [-0.15, -0.1) is 0 Å². The predicted molar refractivity (Wildman–Crippen MR) is 61.1 cm³/mol. The smallest absolute Gasteiger partial charge is 0.337 e. The van der Waals surface area contributed by atoms with Crippen LogP contribution in [0.5, 0.6) is 0 Å². The number of hydrogen-bond acceptors (Lipinski definition) is 4. The van der Waals surface area contributed by atoms with E-state index in [4.69, 9.17) is 10.5 Å². The molecule has 2 N–H and O–H groups in total. The first-order chi connectivity index (χ1) is 7.67. The van der Waals surface area contributed by atoms with Crippen LogP contribution in [0.2, 0.25) is 0 Å². The molecule has 0 amide bonds. The zero-order valence-electron chi connectivity index (χ0n) is 9.60. The minimum atomic E-state index is -0.331. The lowest BCUT2D eigenvalue weighted by Gasteiger charge is -2.10. The summed E-state index contributed by atoms with van der Waals surface area (Å²) in [6.45, 7) is 2.92. The number of benzene rings is 1. The summed E-state index contributed by atoms with van der Waals surface area (Å²) in [5.41, 5.74) is 6.98. The molecule has 4 nitrogen and oxygen atoms in total. The number of esters is 1. The first kappa shape index (κ1) is 12.7. The van der Waals surface area contributed by atoms with Gasteiger partial charge < -0.3 is 15.2 Å². The van der Waals surface area contributed by atoms with Crippen LogP contribution in [0.4, 0.5) is 0 Å². The quantitative estimate of drug-likeness (QED) is 0.765. The highest BCUT2D eigenvalue weighted by molar-refractivity contribution is 5.89. The van der Waals surface area contributed by atoms with Gasteiger partial charge in [0, 0.05) is 6.54 Å². The summed E-state index contributed by atoms with van der Waals surface area (Å²) >= 11 is 0. The Labute approximate surface area is 95.3 Å². The summed E-state index contributed by atoms with van der Waals surface area (Å²) in [4.78, 5) is 11.2. The molecule has 1 unspecified atom stereocenters. The summed E-state index contributed by atoms with van der Waals surface area (Å²) in [7, 11) is 1.36. The van der Waals surface area contributed by atoms with Gasteiger partial charge in [-0.2, -0.15) is 0 Å². The molecule has 0 aliphatic heterocycles. The van der Waals surface area contributed by atoms with Crippen LogP contribution in [0.15, 0.2) is 24.3 Å². The molecule has 4 heteroatoms. The fourth-order valence-corrected chi connectivity index (χ4v) is 1.16. The molecule has 0 spiro atoms. The Morgan fingerprint density at radius 2 is 2.00 bits per heavy atom. The summed E-state index contributed by atoms with van der Waals surface area (Å²) in [6, 6.07) is 7.13. The summed E-state index contributed by atoms with van der Waals surface area (Å²) in [5, 5.41) is 0. The maximum atomic E-state index is 11.2. The first-order valence-corrected chi connectivity index (χ1v) is 5.16. The van der Waals surface area contributed by atoms with E-state index in [0.717, 1.165) is 5.56 Å². The molecule has 0 saturated carbocycles. The van der Waals surface area contributed by atoms with Crippen molar-refractivity contribution >= 4 is 5.97 Å². The van der Waals surface area contributed by atoms with Gasteiger partial charge in [0.15, 0.2) is 0 Å². The van der Waals surface area contributed by atoms with E-state index >= 15 is 0 Å². The van der Waals surface area contributed by atoms with Gasteiger partial charge in [-0.05, 0) is 24.6 Å². The maximum Gasteiger partial charge on any atom is 0.337 e. The average Bonchev–Trinajstić information content (AvgIpc) is 2.35. The van der Waals surface area contributed by atoms with Gasteiger partial charge in [0.05, 0.1) is 25.4 Å². The lowest BCUT2D eigenvalue weighted by atomic mass is 10.1. The Morgan fingerprint density at radius 1 is 1.38 bits per heavy atom. The van der Waals surface area contributed by atoms with E-state index in [9.17, 15) is 4.79 Å². The Morgan fingerprint density at radius 3 is 2.50 bits per heavy atom. The van der Waals surface area contributed by atoms with Gasteiger partial charge in [0.2, 0.25) is 0 Å². The number of ether oxygens (including phenoxy) is 2. The highest BCUT2D eigenvalue weighted by Crippen LogP contribution is 2.07. The molecule has 0 aliphatic rings. The Balaban J connectivity index is 2.54. The van der Waals surface area contributed by atoms with E-state index in [1.54, 1.807) is 12.1 Å². The minimum absolute atomic E-state index is 0.0419. The highest BCUT2D eigenvalue weighted by Gasteiger charge is 2.05. The molecule has 0 saturated heterocycles. The fraction of sp³-hybridized carbons (Fsp3) is 0.417. The normalized spacial score (nSPS) is 12.2. The summed E-state index contributed by atoms with van der Waals surface area (Å²) < 4.78 is 10.1. The van der Waals surface area contributed by atoms with Crippen molar-refractivity contribution in [2.45, 2.75) is 19.6 Å². The van der Waals surface area contributed by atoms with Crippen molar-refractivity contribution in [1.82, 2.24) is 0 Å². The van der Waals surface area contributed by atoms with Crippen LogP contribution in [-0.4, -0.2) is 25.7 Å². The van der Waals surface area contributed by atoms with Gasteiger partial charge in [-0.3, -0.25) is 0 Å².